The summed E-state index contributed by atoms with van der Waals surface area (Å²) in [4.78, 5) is 26.1. The molecule has 31 heavy (non-hydrogen) atoms. The van der Waals surface area contributed by atoms with E-state index in [-0.39, 0.29) is 5.57 Å². The number of allylic oxidation sites excluding steroid dienone is 8. The fraction of sp³-hybridized carbons (Fsp3) is 0.409. The second-order valence-corrected chi connectivity index (χ2v) is 9.54. The SMILES string of the molecule is C/C=C/C(/C=C/C(=O)/C(C#N)=C/N(C)C)=C(\C=C(/C)NC(=O)OC(C)(C)C)N(C)SI. The summed E-state index contributed by atoms with van der Waals surface area (Å²) in [5.41, 5.74) is 1.50. The molecular weight excluding hydrogens is 527 g/mol. The van der Waals surface area contributed by atoms with Crippen molar-refractivity contribution in [2.45, 2.75) is 40.2 Å². The van der Waals surface area contributed by atoms with E-state index in [0.29, 0.717) is 5.70 Å². The van der Waals surface area contributed by atoms with Crippen LogP contribution in [0.15, 0.2) is 59.1 Å². The number of likely N-dealkylation sites (N-methyl/N-ethyl adjacent to an activating group) is 1. The van der Waals surface area contributed by atoms with Crippen LogP contribution in [0.3, 0.4) is 0 Å². The highest BCUT2D eigenvalue weighted by Crippen LogP contribution is 2.26. The predicted octanol–water partition coefficient (Wildman–Crippen LogP) is 5.27. The zero-order valence-corrected chi connectivity index (χ0v) is 22.3. The Morgan fingerprint density at radius 3 is 2.23 bits per heavy atom. The molecule has 170 valence electrons. The van der Waals surface area contributed by atoms with Crippen molar-refractivity contribution in [3.63, 3.8) is 0 Å². The van der Waals surface area contributed by atoms with E-state index in [2.05, 4.69) is 26.5 Å². The van der Waals surface area contributed by atoms with Gasteiger partial charge in [0.2, 0.25) is 0 Å². The van der Waals surface area contributed by atoms with Gasteiger partial charge in [0.1, 0.15) is 17.2 Å². The lowest BCUT2D eigenvalue weighted by Crippen LogP contribution is -2.31. The van der Waals surface area contributed by atoms with Gasteiger partial charge in [-0.15, -0.1) is 0 Å². The first-order chi connectivity index (χ1) is 14.3. The van der Waals surface area contributed by atoms with Gasteiger partial charge in [-0.2, -0.15) is 5.26 Å². The van der Waals surface area contributed by atoms with Crippen LogP contribution in [0, 0.1) is 11.3 Å². The molecule has 0 aliphatic heterocycles. The van der Waals surface area contributed by atoms with Crippen LogP contribution in [-0.4, -0.2) is 47.8 Å². The minimum Gasteiger partial charge on any atom is -0.444 e. The van der Waals surface area contributed by atoms with Crippen molar-refractivity contribution < 1.29 is 14.3 Å². The largest absolute Gasteiger partial charge is 0.444 e. The van der Waals surface area contributed by atoms with Gasteiger partial charge in [0.15, 0.2) is 5.78 Å². The smallest absolute Gasteiger partial charge is 0.411 e. The van der Waals surface area contributed by atoms with E-state index < -0.39 is 17.5 Å². The summed E-state index contributed by atoms with van der Waals surface area (Å²) in [5, 5.41) is 11.9. The Labute approximate surface area is 202 Å². The van der Waals surface area contributed by atoms with Gasteiger partial charge in [0.25, 0.3) is 0 Å². The molecule has 9 heteroatoms. The summed E-state index contributed by atoms with van der Waals surface area (Å²) < 4.78 is 7.19. The minimum absolute atomic E-state index is 0.0394. The van der Waals surface area contributed by atoms with Crippen LogP contribution < -0.4 is 5.32 Å². The van der Waals surface area contributed by atoms with Gasteiger partial charge in [0.05, 0.1) is 5.70 Å². The van der Waals surface area contributed by atoms with E-state index in [0.717, 1.165) is 11.3 Å². The first-order valence-electron chi connectivity index (χ1n) is 9.43. The van der Waals surface area contributed by atoms with Crippen molar-refractivity contribution in [3.05, 3.63) is 59.1 Å². The third kappa shape index (κ3) is 12.3. The van der Waals surface area contributed by atoms with Crippen molar-refractivity contribution in [2.24, 2.45) is 0 Å². The second-order valence-electron chi connectivity index (χ2n) is 7.68. The number of amides is 1. The molecule has 0 aliphatic rings. The number of nitrogens with one attached hydrogen (secondary N) is 1. The van der Waals surface area contributed by atoms with Crippen LogP contribution in [0.25, 0.3) is 0 Å². The van der Waals surface area contributed by atoms with Crippen LogP contribution in [0.1, 0.15) is 34.6 Å². The van der Waals surface area contributed by atoms with E-state index >= 15 is 0 Å². The molecule has 0 aromatic carbocycles. The maximum absolute atomic E-state index is 12.4. The van der Waals surface area contributed by atoms with Gasteiger partial charge in [-0.1, -0.05) is 12.2 Å². The minimum atomic E-state index is -0.602. The van der Waals surface area contributed by atoms with Crippen molar-refractivity contribution in [3.8, 4) is 6.07 Å². The highest BCUT2D eigenvalue weighted by molar-refractivity contribution is 14.2. The number of hydrogen-bond donors (Lipinski definition) is 1. The Hall–Kier alpha value is -2.19. The molecule has 0 saturated carbocycles. The van der Waals surface area contributed by atoms with E-state index in [9.17, 15) is 14.9 Å². The van der Waals surface area contributed by atoms with Gasteiger partial charge < -0.3 is 13.9 Å². The normalized spacial score (nSPS) is 13.7. The van der Waals surface area contributed by atoms with Gasteiger partial charge in [-0.25, -0.2) is 4.79 Å². The van der Waals surface area contributed by atoms with Gasteiger partial charge in [-0.3, -0.25) is 10.1 Å². The molecule has 0 radical (unpaired) electrons. The molecule has 0 unspecified atom stereocenters. The van der Waals surface area contributed by atoms with Gasteiger partial charge >= 0.3 is 6.09 Å². The number of nitrogens with zero attached hydrogens (tertiary/aromatic N) is 3. The number of halogens is 1. The van der Waals surface area contributed by atoms with Crippen molar-refractivity contribution in [1.29, 1.82) is 5.26 Å². The molecule has 0 aromatic heterocycles. The fourth-order valence-corrected chi connectivity index (χ4v) is 3.03. The van der Waals surface area contributed by atoms with Crippen molar-refractivity contribution in [2.75, 3.05) is 21.1 Å². The number of hydrogen-bond acceptors (Lipinski definition) is 7. The molecular formula is C22H31IN4O3S. The predicted molar refractivity (Wildman–Crippen MR) is 136 cm³/mol. The number of alkyl carbamates (subject to hydrolysis) is 1. The highest BCUT2D eigenvalue weighted by Gasteiger charge is 2.16. The molecule has 0 saturated heterocycles. The maximum atomic E-state index is 12.4. The number of rotatable bonds is 9. The van der Waals surface area contributed by atoms with Crippen LogP contribution in [-0.2, 0) is 9.53 Å². The Morgan fingerprint density at radius 2 is 1.77 bits per heavy atom. The Bertz CT molecular complexity index is 844. The van der Waals surface area contributed by atoms with Crippen LogP contribution in [0.2, 0.25) is 0 Å². The molecule has 1 N–H and O–H groups in total. The average Bonchev–Trinajstić information content (AvgIpc) is 2.64. The van der Waals surface area contributed by atoms with Gasteiger partial charge in [0, 0.05) is 63.4 Å². The lowest BCUT2D eigenvalue weighted by atomic mass is 10.1. The third-order valence-corrected chi connectivity index (χ3v) is 5.50. The summed E-state index contributed by atoms with van der Waals surface area (Å²) in [6.07, 6.45) is 9.44. The lowest BCUT2D eigenvalue weighted by molar-refractivity contribution is -0.111. The fourth-order valence-electron chi connectivity index (χ4n) is 2.17. The number of nitriles is 1. The van der Waals surface area contributed by atoms with Crippen LogP contribution in [0.4, 0.5) is 4.79 Å². The monoisotopic (exact) mass is 558 g/mol. The summed E-state index contributed by atoms with van der Waals surface area (Å²) in [7, 11) is 6.81. The van der Waals surface area contributed by atoms with Gasteiger partial charge in [-0.05, 0) is 58.4 Å². The zero-order chi connectivity index (χ0) is 24.2. The van der Waals surface area contributed by atoms with Crippen molar-refractivity contribution in [1.82, 2.24) is 14.5 Å². The molecule has 0 rings (SSSR count). The number of ether oxygens (including phenoxy) is 1. The summed E-state index contributed by atoms with van der Waals surface area (Å²) in [6, 6.07) is 1.92. The molecule has 0 heterocycles. The zero-order valence-electron chi connectivity index (χ0n) is 19.3. The third-order valence-electron chi connectivity index (χ3n) is 3.32. The standard InChI is InChI=1S/C22H31IN4O3S/c1-9-10-17(11-12-20(28)18(14-24)15-26(6)7)19(27(8)31-23)13-16(2)25-21(29)30-22(3,4)5/h9-13,15H,1-8H3,(H,25,29)/b10-9+,12-11+,16-13+,18-15+,19-17-. The van der Waals surface area contributed by atoms with Crippen LogP contribution in [0.5, 0.6) is 0 Å². The summed E-state index contributed by atoms with van der Waals surface area (Å²) in [6.45, 7) is 9.01. The molecule has 7 nitrogen and oxygen atoms in total. The maximum Gasteiger partial charge on any atom is 0.411 e. The van der Waals surface area contributed by atoms with E-state index in [1.165, 1.54) is 21.4 Å². The van der Waals surface area contributed by atoms with E-state index in [4.69, 9.17) is 4.74 Å². The van der Waals surface area contributed by atoms with E-state index in [1.807, 2.05) is 36.5 Å². The number of carbonyl (C=O) groups is 2. The van der Waals surface area contributed by atoms with Crippen molar-refractivity contribution >= 4 is 42.2 Å². The first-order valence-corrected chi connectivity index (χ1v) is 12.7. The quantitative estimate of drug-likeness (QED) is 0.136. The molecule has 0 aromatic rings. The Balaban J connectivity index is 6.11. The molecule has 0 spiro atoms. The first kappa shape index (κ1) is 28.8. The molecule has 0 atom stereocenters. The lowest BCUT2D eigenvalue weighted by Gasteiger charge is -2.21. The number of ketones is 1. The summed E-state index contributed by atoms with van der Waals surface area (Å²) in [5.74, 6) is -0.394. The average molecular weight is 558 g/mol. The molecule has 0 bridgehead atoms. The molecule has 0 aliphatic carbocycles. The summed E-state index contributed by atoms with van der Waals surface area (Å²) >= 11 is 2.15. The van der Waals surface area contributed by atoms with E-state index in [1.54, 1.807) is 58.8 Å². The second kappa shape index (κ2) is 14.0. The Morgan fingerprint density at radius 1 is 1.16 bits per heavy atom. The Kier molecular flexibility index (Phi) is 13.0. The van der Waals surface area contributed by atoms with Crippen LogP contribution >= 0.6 is 30.3 Å². The highest BCUT2D eigenvalue weighted by atomic mass is 127. The molecule has 1 amide bonds. The molecule has 0 fully saturated rings. The topological polar surface area (TPSA) is 85.7 Å². The number of carbonyl (C=O) groups excluding carboxylic acids is 2.